The molecule has 13 nitrogen and oxygen atoms in total. The Bertz CT molecular complexity index is 1670. The van der Waals surface area contributed by atoms with E-state index in [2.05, 4.69) is 66.3 Å². The smallest absolute Gasteiger partial charge is 0.337 e. The molecule has 0 radical (unpaired) electrons. The largest absolute Gasteiger partial charge is 0.490 e. The molecule has 1 aliphatic heterocycles. The maximum absolute atomic E-state index is 12.5. The Morgan fingerprint density at radius 1 is 1.04 bits per heavy atom. The van der Waals surface area contributed by atoms with Crippen LogP contribution in [0.3, 0.4) is 0 Å². The number of rotatable bonds is 14. The first-order chi connectivity index (χ1) is 22.5. The summed E-state index contributed by atoms with van der Waals surface area (Å²) < 4.78 is 24.2. The minimum Gasteiger partial charge on any atom is -0.490 e. The van der Waals surface area contributed by atoms with E-state index in [-0.39, 0.29) is 24.4 Å². The van der Waals surface area contributed by atoms with Crippen molar-refractivity contribution in [1.82, 2.24) is 16.1 Å². The lowest BCUT2D eigenvalue weighted by Crippen LogP contribution is -2.45. The maximum atomic E-state index is 12.5. The minimum atomic E-state index is -1.16. The summed E-state index contributed by atoms with van der Waals surface area (Å²) in [5.74, 6) is -0.161. The molecular weight excluding hydrogens is 838 g/mol. The summed E-state index contributed by atoms with van der Waals surface area (Å²) in [5.41, 5.74) is 5.68. The zero-order chi connectivity index (χ0) is 34.1. The van der Waals surface area contributed by atoms with Gasteiger partial charge in [0.15, 0.2) is 17.7 Å². The standard InChI is InChI=1S/C32H32I2N4O9/c1-4-45-25-13-21(28-27(31(42)44-3)17(2)36-32(43)37-28)9-10-24(25)46-16-26(39)38-35-14-19-11-22(33)29(23(34)12-19)47-15-18-5-7-20(8-6-18)30(40)41/h5-14,26,28,38-39H,4,15-16H2,1-3H3,(H,40,41)(H2,36,37,43)/b35-14-/t26-,28+/m1/s1. The van der Waals surface area contributed by atoms with Crippen molar-refractivity contribution in [3.8, 4) is 17.2 Å². The monoisotopic (exact) mass is 870 g/mol. The Balaban J connectivity index is 1.36. The number of carboxylic acids is 1. The van der Waals surface area contributed by atoms with Crippen molar-refractivity contribution >= 4 is 69.4 Å². The molecule has 0 aromatic heterocycles. The Morgan fingerprint density at radius 3 is 2.38 bits per heavy atom. The molecule has 0 bridgehead atoms. The third-order valence-corrected chi connectivity index (χ3v) is 8.32. The SMILES string of the molecule is CCOc1cc([C@@H]2NC(=O)NC(C)=C2C(=O)OC)ccc1OC[C@@H](O)N/N=C\c1cc(I)c(OCc2ccc(C(=O)O)cc2)c(I)c1. The molecule has 0 saturated heterocycles. The molecule has 0 saturated carbocycles. The number of methoxy groups -OCH3 is 1. The number of urea groups is 1. The van der Waals surface area contributed by atoms with E-state index in [4.69, 9.17) is 24.1 Å². The summed E-state index contributed by atoms with van der Waals surface area (Å²) in [5, 5.41) is 29.0. The number of ether oxygens (including phenoxy) is 4. The second kappa shape index (κ2) is 16.6. The fraction of sp³-hybridized carbons (Fsp3) is 0.250. The number of benzene rings is 3. The number of hydrogen-bond acceptors (Lipinski definition) is 10. The number of aliphatic hydroxyl groups is 1. The molecule has 0 unspecified atom stereocenters. The van der Waals surface area contributed by atoms with Gasteiger partial charge in [-0.15, -0.1) is 0 Å². The molecule has 3 aromatic carbocycles. The van der Waals surface area contributed by atoms with Gasteiger partial charge in [0.25, 0.3) is 0 Å². The summed E-state index contributed by atoms with van der Waals surface area (Å²) in [4.78, 5) is 35.7. The highest BCUT2D eigenvalue weighted by atomic mass is 127. The van der Waals surface area contributed by atoms with Crippen molar-refractivity contribution in [3.63, 3.8) is 0 Å². The first-order valence-corrected chi connectivity index (χ1v) is 16.3. The van der Waals surface area contributed by atoms with Crippen LogP contribution in [0.15, 0.2) is 71.0 Å². The predicted molar refractivity (Wildman–Crippen MR) is 189 cm³/mol. The Morgan fingerprint density at radius 2 is 1.74 bits per heavy atom. The summed E-state index contributed by atoms with van der Waals surface area (Å²) in [6.07, 6.45) is 0.401. The molecule has 0 fully saturated rings. The Labute approximate surface area is 298 Å². The summed E-state index contributed by atoms with van der Waals surface area (Å²) in [6.45, 7) is 3.86. The average Bonchev–Trinajstić information content (AvgIpc) is 3.03. The van der Waals surface area contributed by atoms with Crippen molar-refractivity contribution < 1.29 is 43.5 Å². The highest BCUT2D eigenvalue weighted by Gasteiger charge is 2.32. The van der Waals surface area contributed by atoms with E-state index in [9.17, 15) is 19.5 Å². The molecule has 4 rings (SSSR count). The van der Waals surface area contributed by atoms with Gasteiger partial charge in [0.2, 0.25) is 0 Å². The van der Waals surface area contributed by atoms with Gasteiger partial charge in [0.1, 0.15) is 19.0 Å². The molecule has 47 heavy (non-hydrogen) atoms. The van der Waals surface area contributed by atoms with Gasteiger partial charge in [0.05, 0.1) is 44.3 Å². The van der Waals surface area contributed by atoms with Gasteiger partial charge in [-0.2, -0.15) is 5.10 Å². The topological polar surface area (TPSA) is 177 Å². The van der Waals surface area contributed by atoms with Crippen molar-refractivity contribution in [2.45, 2.75) is 32.7 Å². The van der Waals surface area contributed by atoms with Gasteiger partial charge >= 0.3 is 18.0 Å². The number of aliphatic hydroxyl groups excluding tert-OH is 1. The van der Waals surface area contributed by atoms with E-state index in [1.54, 1.807) is 50.4 Å². The van der Waals surface area contributed by atoms with Crippen LogP contribution in [0.4, 0.5) is 4.79 Å². The number of amides is 2. The summed E-state index contributed by atoms with van der Waals surface area (Å²) >= 11 is 4.34. The van der Waals surface area contributed by atoms with Crippen LogP contribution in [0.25, 0.3) is 0 Å². The number of carboxylic acid groups (broad SMARTS) is 1. The molecular formula is C32H32I2N4O9. The lowest BCUT2D eigenvalue weighted by atomic mass is 9.95. The first kappa shape index (κ1) is 35.7. The number of aromatic carboxylic acids is 1. The zero-order valence-electron chi connectivity index (χ0n) is 25.5. The number of hydrogen-bond donors (Lipinski definition) is 5. The third-order valence-electron chi connectivity index (χ3n) is 6.71. The van der Waals surface area contributed by atoms with Crippen molar-refractivity contribution in [1.29, 1.82) is 0 Å². The molecule has 3 aromatic rings. The van der Waals surface area contributed by atoms with Crippen LogP contribution in [0.5, 0.6) is 17.2 Å². The van der Waals surface area contributed by atoms with Crippen LogP contribution in [0, 0.1) is 7.14 Å². The predicted octanol–water partition coefficient (Wildman–Crippen LogP) is 4.69. The first-order valence-electron chi connectivity index (χ1n) is 14.2. The third kappa shape index (κ3) is 9.48. The number of nitrogens with zero attached hydrogens (tertiary/aromatic N) is 1. The maximum Gasteiger partial charge on any atom is 0.337 e. The van der Waals surface area contributed by atoms with E-state index in [0.717, 1.165) is 18.3 Å². The molecule has 1 heterocycles. The molecule has 2 amide bonds. The van der Waals surface area contributed by atoms with Crippen LogP contribution in [-0.2, 0) is 16.1 Å². The van der Waals surface area contributed by atoms with E-state index < -0.39 is 30.2 Å². The number of carbonyl (C=O) groups excluding carboxylic acids is 2. The fourth-order valence-corrected chi connectivity index (χ4v) is 6.64. The lowest BCUT2D eigenvalue weighted by molar-refractivity contribution is -0.136. The van der Waals surface area contributed by atoms with Gasteiger partial charge in [-0.1, -0.05) is 18.2 Å². The van der Waals surface area contributed by atoms with E-state index in [0.29, 0.717) is 35.1 Å². The number of allylic oxidation sites excluding steroid dienone is 1. The van der Waals surface area contributed by atoms with Crippen molar-refractivity contribution in [2.24, 2.45) is 5.10 Å². The van der Waals surface area contributed by atoms with E-state index in [1.807, 2.05) is 12.1 Å². The molecule has 2 atom stereocenters. The number of nitrogens with one attached hydrogen (secondary N) is 3. The highest BCUT2D eigenvalue weighted by molar-refractivity contribution is 14.1. The van der Waals surface area contributed by atoms with Crippen LogP contribution in [0.2, 0.25) is 0 Å². The van der Waals surface area contributed by atoms with Crippen LogP contribution in [-0.4, -0.2) is 60.9 Å². The van der Waals surface area contributed by atoms with Gasteiger partial charge in [-0.05, 0) is 112 Å². The number of esters is 1. The second-order valence-electron chi connectivity index (χ2n) is 10.0. The summed E-state index contributed by atoms with van der Waals surface area (Å²) in [7, 11) is 1.27. The van der Waals surface area contributed by atoms with Crippen LogP contribution in [0.1, 0.15) is 46.9 Å². The van der Waals surface area contributed by atoms with Crippen molar-refractivity contribution in [2.75, 3.05) is 20.3 Å². The quantitative estimate of drug-likeness (QED) is 0.0503. The average molecular weight is 870 g/mol. The molecule has 15 heteroatoms. The van der Waals surface area contributed by atoms with E-state index in [1.165, 1.54) is 19.2 Å². The lowest BCUT2D eigenvalue weighted by Gasteiger charge is -2.28. The zero-order valence-corrected chi connectivity index (χ0v) is 29.8. The Kier molecular flexibility index (Phi) is 12.7. The molecule has 0 aliphatic carbocycles. The van der Waals surface area contributed by atoms with Gasteiger partial charge in [-0.3, -0.25) is 5.43 Å². The Hall–Kier alpha value is -4.10. The highest BCUT2D eigenvalue weighted by Crippen LogP contribution is 2.35. The number of halogens is 2. The fourth-order valence-electron chi connectivity index (χ4n) is 4.51. The summed E-state index contributed by atoms with van der Waals surface area (Å²) in [6, 6.07) is 14.0. The number of carbonyl (C=O) groups is 3. The van der Waals surface area contributed by atoms with Gasteiger partial charge in [0, 0.05) is 5.70 Å². The van der Waals surface area contributed by atoms with Gasteiger partial charge < -0.3 is 39.8 Å². The molecule has 5 N–H and O–H groups in total. The minimum absolute atomic E-state index is 0.164. The van der Waals surface area contributed by atoms with E-state index >= 15 is 0 Å². The molecule has 0 spiro atoms. The van der Waals surface area contributed by atoms with Gasteiger partial charge in [-0.25, -0.2) is 14.4 Å². The van der Waals surface area contributed by atoms with Crippen molar-refractivity contribution in [3.05, 3.63) is 95.3 Å². The van der Waals surface area contributed by atoms with Crippen LogP contribution >= 0.6 is 45.2 Å². The normalized spacial score (nSPS) is 15.0. The second-order valence-corrected chi connectivity index (χ2v) is 12.3. The molecule has 1 aliphatic rings. The molecule has 248 valence electrons. The van der Waals surface area contributed by atoms with Crippen LogP contribution < -0.4 is 30.3 Å². The number of hydrazone groups is 1.